The first-order valence-electron chi connectivity index (χ1n) is 10.1. The minimum atomic E-state index is 0.574. The molecule has 0 bridgehead atoms. The second-order valence-electron chi connectivity index (χ2n) is 8.00. The molecule has 26 heavy (non-hydrogen) atoms. The predicted molar refractivity (Wildman–Crippen MR) is 107 cm³/mol. The van der Waals surface area contributed by atoms with Crippen LogP contribution in [0.1, 0.15) is 44.3 Å². The number of hydrogen-bond donors (Lipinski definition) is 2. The van der Waals surface area contributed by atoms with Crippen LogP contribution in [0.2, 0.25) is 0 Å². The molecule has 2 aliphatic carbocycles. The first-order chi connectivity index (χ1) is 12.7. The van der Waals surface area contributed by atoms with E-state index < -0.39 is 0 Å². The molecule has 2 aliphatic rings. The van der Waals surface area contributed by atoms with Crippen LogP contribution in [0.15, 0.2) is 29.3 Å². The van der Waals surface area contributed by atoms with Crippen LogP contribution in [0, 0.1) is 18.3 Å². The van der Waals surface area contributed by atoms with Crippen molar-refractivity contribution in [3.05, 3.63) is 30.1 Å². The highest BCUT2D eigenvalue weighted by Gasteiger charge is 2.48. The van der Waals surface area contributed by atoms with Gasteiger partial charge in [-0.1, -0.05) is 18.6 Å². The normalized spacial score (nSPS) is 19.4. The van der Waals surface area contributed by atoms with Crippen molar-refractivity contribution >= 4 is 17.0 Å². The van der Waals surface area contributed by atoms with Gasteiger partial charge in [0.05, 0.1) is 11.0 Å². The molecule has 0 aliphatic heterocycles. The molecule has 0 radical (unpaired) electrons. The van der Waals surface area contributed by atoms with Gasteiger partial charge in [0.1, 0.15) is 5.82 Å². The summed E-state index contributed by atoms with van der Waals surface area (Å²) in [6.45, 7) is 5.07. The Bertz CT molecular complexity index is 783. The highest BCUT2D eigenvalue weighted by Crippen LogP contribution is 2.56. The highest BCUT2D eigenvalue weighted by atomic mass is 15.2. The van der Waals surface area contributed by atoms with Crippen molar-refractivity contribution in [3.63, 3.8) is 0 Å². The van der Waals surface area contributed by atoms with E-state index in [1.807, 2.05) is 13.1 Å². The Hall–Kier alpha value is -2.04. The number of imidazole rings is 1. The summed E-state index contributed by atoms with van der Waals surface area (Å²) in [5, 5.41) is 7.07. The minimum absolute atomic E-state index is 0.574. The summed E-state index contributed by atoms with van der Waals surface area (Å²) in [5.74, 6) is 3.01. The second-order valence-corrected chi connectivity index (χ2v) is 8.00. The van der Waals surface area contributed by atoms with E-state index in [1.54, 1.807) is 0 Å². The smallest absolute Gasteiger partial charge is 0.190 e. The Morgan fingerprint density at radius 2 is 2.08 bits per heavy atom. The van der Waals surface area contributed by atoms with Crippen LogP contribution >= 0.6 is 0 Å². The molecule has 5 nitrogen and oxygen atoms in total. The molecule has 0 spiro atoms. The Balaban J connectivity index is 1.25. The van der Waals surface area contributed by atoms with E-state index in [0.717, 1.165) is 49.3 Å². The van der Waals surface area contributed by atoms with Gasteiger partial charge in [0, 0.05) is 26.7 Å². The van der Waals surface area contributed by atoms with E-state index in [2.05, 4.69) is 50.3 Å². The number of nitrogens with one attached hydrogen (secondary N) is 2. The van der Waals surface area contributed by atoms with Gasteiger partial charge >= 0.3 is 0 Å². The summed E-state index contributed by atoms with van der Waals surface area (Å²) in [7, 11) is 1.87. The van der Waals surface area contributed by atoms with E-state index in [0.29, 0.717) is 5.41 Å². The van der Waals surface area contributed by atoms with E-state index in [1.165, 1.54) is 37.6 Å². The van der Waals surface area contributed by atoms with Crippen molar-refractivity contribution in [1.29, 1.82) is 0 Å². The lowest BCUT2D eigenvalue weighted by Gasteiger charge is -2.43. The Labute approximate surface area is 156 Å². The number of nitrogens with zero attached hydrogens (tertiary/aromatic N) is 3. The van der Waals surface area contributed by atoms with Crippen LogP contribution in [-0.2, 0) is 6.54 Å². The average molecular weight is 354 g/mol. The molecule has 2 aromatic rings. The first-order valence-corrected chi connectivity index (χ1v) is 10.1. The van der Waals surface area contributed by atoms with Crippen molar-refractivity contribution in [2.75, 3.05) is 20.1 Å². The quantitative estimate of drug-likeness (QED) is 0.455. The van der Waals surface area contributed by atoms with E-state index in [9.17, 15) is 0 Å². The molecule has 0 unspecified atom stereocenters. The maximum Gasteiger partial charge on any atom is 0.190 e. The lowest BCUT2D eigenvalue weighted by molar-refractivity contribution is 0.106. The van der Waals surface area contributed by atoms with Crippen molar-refractivity contribution in [2.24, 2.45) is 16.3 Å². The maximum absolute atomic E-state index is 4.64. The van der Waals surface area contributed by atoms with Crippen molar-refractivity contribution in [1.82, 2.24) is 20.2 Å². The number of fused-ring (bicyclic) bond motifs is 1. The fourth-order valence-electron chi connectivity index (χ4n) is 4.46. The molecule has 4 rings (SSSR count). The fraction of sp³-hybridized carbons (Fsp3) is 0.619. The molecule has 1 aromatic carbocycles. The van der Waals surface area contributed by atoms with Gasteiger partial charge in [0.2, 0.25) is 0 Å². The summed E-state index contributed by atoms with van der Waals surface area (Å²) in [4.78, 5) is 9.05. The average Bonchev–Trinajstić information content (AvgIpc) is 3.40. The highest BCUT2D eigenvalue weighted by molar-refractivity contribution is 5.79. The lowest BCUT2D eigenvalue weighted by atomic mass is 9.65. The molecule has 2 fully saturated rings. The monoisotopic (exact) mass is 353 g/mol. The van der Waals surface area contributed by atoms with Gasteiger partial charge in [-0.05, 0) is 62.5 Å². The molecular formula is C21H31N5. The standard InChI is InChI=1S/C21H31N5/c1-16-25-18-7-3-4-8-19(18)26(16)14-6-13-23-20(22-2)24-15-21(11-5-12-21)17-9-10-17/h3-4,7-8,17H,5-6,9-15H2,1-2H3,(H2,22,23,24). The number of guanidine groups is 1. The van der Waals surface area contributed by atoms with E-state index in [4.69, 9.17) is 0 Å². The van der Waals surface area contributed by atoms with E-state index in [-0.39, 0.29) is 0 Å². The molecule has 140 valence electrons. The number of benzene rings is 1. The molecule has 2 saturated carbocycles. The number of hydrogen-bond acceptors (Lipinski definition) is 2. The third-order valence-electron chi connectivity index (χ3n) is 6.32. The molecule has 0 amide bonds. The summed E-state index contributed by atoms with van der Waals surface area (Å²) in [5.41, 5.74) is 2.88. The Morgan fingerprint density at radius 1 is 1.27 bits per heavy atom. The summed E-state index contributed by atoms with van der Waals surface area (Å²) in [6, 6.07) is 8.37. The topological polar surface area (TPSA) is 54.2 Å². The van der Waals surface area contributed by atoms with Crippen molar-refractivity contribution in [3.8, 4) is 0 Å². The Kier molecular flexibility index (Phi) is 4.88. The van der Waals surface area contributed by atoms with Crippen LogP contribution in [0.3, 0.4) is 0 Å². The summed E-state index contributed by atoms with van der Waals surface area (Å²) in [6.07, 6.45) is 8.12. The van der Waals surface area contributed by atoms with Gasteiger partial charge in [-0.2, -0.15) is 0 Å². The summed E-state index contributed by atoms with van der Waals surface area (Å²) < 4.78 is 2.31. The lowest BCUT2D eigenvalue weighted by Crippen LogP contribution is -2.47. The molecule has 0 atom stereocenters. The SMILES string of the molecule is CN=C(NCCCn1c(C)nc2ccccc21)NCC1(C2CC2)CCC1. The van der Waals surface area contributed by atoms with E-state index >= 15 is 0 Å². The van der Waals surface area contributed by atoms with Crippen molar-refractivity contribution in [2.45, 2.75) is 52.0 Å². The van der Waals surface area contributed by atoms with Crippen LogP contribution in [0.5, 0.6) is 0 Å². The molecule has 0 saturated heterocycles. The number of aromatic nitrogens is 2. The zero-order valence-corrected chi connectivity index (χ0v) is 16.1. The third kappa shape index (κ3) is 3.44. The third-order valence-corrected chi connectivity index (χ3v) is 6.32. The van der Waals surface area contributed by atoms with Gasteiger partial charge in [0.25, 0.3) is 0 Å². The van der Waals surface area contributed by atoms with Gasteiger partial charge in [-0.3, -0.25) is 4.99 Å². The van der Waals surface area contributed by atoms with Crippen LogP contribution < -0.4 is 10.6 Å². The van der Waals surface area contributed by atoms with Gasteiger partial charge in [0.15, 0.2) is 5.96 Å². The van der Waals surface area contributed by atoms with Crippen molar-refractivity contribution < 1.29 is 0 Å². The largest absolute Gasteiger partial charge is 0.356 e. The van der Waals surface area contributed by atoms with Crippen LogP contribution in [-0.4, -0.2) is 35.6 Å². The molecular weight excluding hydrogens is 322 g/mol. The van der Waals surface area contributed by atoms with Crippen LogP contribution in [0.25, 0.3) is 11.0 Å². The second kappa shape index (κ2) is 7.29. The van der Waals surface area contributed by atoms with Gasteiger partial charge in [-0.15, -0.1) is 0 Å². The molecule has 1 aromatic heterocycles. The number of aliphatic imine (C=N–C) groups is 1. The number of para-hydroxylation sites is 2. The van der Waals surface area contributed by atoms with Gasteiger partial charge in [-0.25, -0.2) is 4.98 Å². The zero-order chi connectivity index (χ0) is 18.0. The summed E-state index contributed by atoms with van der Waals surface area (Å²) >= 11 is 0. The molecule has 2 N–H and O–H groups in total. The maximum atomic E-state index is 4.64. The number of rotatable bonds is 7. The van der Waals surface area contributed by atoms with Crippen LogP contribution in [0.4, 0.5) is 0 Å². The fourth-order valence-corrected chi connectivity index (χ4v) is 4.46. The number of aryl methyl sites for hydroxylation is 2. The molecule has 1 heterocycles. The molecule has 5 heteroatoms. The first kappa shape index (κ1) is 17.4. The minimum Gasteiger partial charge on any atom is -0.356 e. The van der Waals surface area contributed by atoms with Gasteiger partial charge < -0.3 is 15.2 Å². The zero-order valence-electron chi connectivity index (χ0n) is 16.1. The predicted octanol–water partition coefficient (Wildman–Crippen LogP) is 3.48. The Morgan fingerprint density at radius 3 is 2.77 bits per heavy atom.